The highest BCUT2D eigenvalue weighted by Gasteiger charge is 2.37. The molecule has 2 heterocycles. The first-order valence-corrected chi connectivity index (χ1v) is 14.7. The lowest BCUT2D eigenvalue weighted by Crippen LogP contribution is -2.44. The molecule has 1 aliphatic carbocycles. The zero-order chi connectivity index (χ0) is 30.4. The molecule has 1 saturated carbocycles. The van der Waals surface area contributed by atoms with E-state index in [1.165, 1.54) is 0 Å². The third-order valence-electron chi connectivity index (χ3n) is 8.20. The molecule has 0 unspecified atom stereocenters. The molecule has 0 radical (unpaired) electrons. The maximum atomic E-state index is 13.8. The molecule has 3 N–H and O–H groups in total. The van der Waals surface area contributed by atoms with Gasteiger partial charge in [-0.3, -0.25) is 9.59 Å². The highest BCUT2D eigenvalue weighted by atomic mass is 19.4. The van der Waals surface area contributed by atoms with E-state index < -0.39 is 11.7 Å². The van der Waals surface area contributed by atoms with Gasteiger partial charge in [-0.25, -0.2) is 4.98 Å². The van der Waals surface area contributed by atoms with Crippen LogP contribution in [0.15, 0.2) is 30.5 Å². The summed E-state index contributed by atoms with van der Waals surface area (Å²) in [5.74, 6) is -0.229. The Hall–Kier alpha value is -3.41. The predicted molar refractivity (Wildman–Crippen MR) is 157 cm³/mol. The van der Waals surface area contributed by atoms with E-state index in [0.29, 0.717) is 43.0 Å². The molecule has 42 heavy (non-hydrogen) atoms. The number of hydrogen-bond donors (Lipinski definition) is 3. The number of benzene rings is 1. The smallest absolute Gasteiger partial charge is 0.367 e. The normalized spacial score (nSPS) is 20.0. The van der Waals surface area contributed by atoms with E-state index in [2.05, 4.69) is 51.7 Å². The van der Waals surface area contributed by atoms with Crippen molar-refractivity contribution in [3.8, 4) is 0 Å². The van der Waals surface area contributed by atoms with Crippen molar-refractivity contribution in [1.82, 2.24) is 25.1 Å². The molecule has 0 spiro atoms. The molecule has 0 bridgehead atoms. The fraction of sp³-hybridized carbons (Fsp3) is 0.600. The lowest BCUT2D eigenvalue weighted by Gasteiger charge is -2.35. The van der Waals surface area contributed by atoms with Crippen LogP contribution in [0.25, 0.3) is 0 Å². The highest BCUT2D eigenvalue weighted by molar-refractivity contribution is 5.94. The van der Waals surface area contributed by atoms with E-state index in [1.54, 1.807) is 29.2 Å². The van der Waals surface area contributed by atoms with Crippen LogP contribution in [0.1, 0.15) is 68.3 Å². The monoisotopic (exact) mass is 589 g/mol. The first kappa shape index (κ1) is 31.5. The van der Waals surface area contributed by atoms with Gasteiger partial charge in [0.15, 0.2) is 0 Å². The van der Waals surface area contributed by atoms with Crippen LogP contribution in [0.3, 0.4) is 0 Å². The number of aromatic nitrogens is 2. The van der Waals surface area contributed by atoms with Crippen LogP contribution in [0.2, 0.25) is 0 Å². The number of halogens is 3. The van der Waals surface area contributed by atoms with E-state index in [-0.39, 0.29) is 41.6 Å². The van der Waals surface area contributed by atoms with Crippen LogP contribution >= 0.6 is 0 Å². The van der Waals surface area contributed by atoms with Gasteiger partial charge < -0.3 is 25.8 Å². The molecular formula is C30H42F3N7O2. The summed E-state index contributed by atoms with van der Waals surface area (Å²) in [5, 5.41) is 8.81. The molecule has 2 atom stereocenters. The van der Waals surface area contributed by atoms with Crippen LogP contribution in [-0.4, -0.2) is 77.4 Å². The van der Waals surface area contributed by atoms with E-state index in [9.17, 15) is 22.8 Å². The Labute approximate surface area is 245 Å². The van der Waals surface area contributed by atoms with Crippen molar-refractivity contribution >= 4 is 29.3 Å². The third-order valence-corrected chi connectivity index (χ3v) is 8.20. The van der Waals surface area contributed by atoms with E-state index in [0.717, 1.165) is 38.5 Å². The zero-order valence-electron chi connectivity index (χ0n) is 24.8. The molecule has 12 heteroatoms. The van der Waals surface area contributed by atoms with Gasteiger partial charge in [0.05, 0.1) is 0 Å². The number of hydrogen-bond acceptors (Lipinski definition) is 7. The molecule has 230 valence electrons. The first-order chi connectivity index (χ1) is 19.9. The topological polar surface area (TPSA) is 102 Å². The van der Waals surface area contributed by atoms with Gasteiger partial charge in [0.25, 0.3) is 5.91 Å². The van der Waals surface area contributed by atoms with Gasteiger partial charge >= 0.3 is 6.18 Å². The summed E-state index contributed by atoms with van der Waals surface area (Å²) < 4.78 is 41.4. The number of carbonyl (C=O) groups is 2. The minimum absolute atomic E-state index is 0.00556. The largest absolute Gasteiger partial charge is 0.421 e. The number of likely N-dealkylation sites (tertiary alicyclic amines) is 1. The summed E-state index contributed by atoms with van der Waals surface area (Å²) in [6.45, 7) is 6.65. The molecule has 2 aliphatic rings. The number of carbonyl (C=O) groups excluding carboxylic acids is 2. The van der Waals surface area contributed by atoms with Gasteiger partial charge in [-0.05, 0) is 88.8 Å². The van der Waals surface area contributed by atoms with E-state index in [1.807, 2.05) is 7.05 Å². The Morgan fingerprint density at radius 3 is 2.43 bits per heavy atom. The van der Waals surface area contributed by atoms with Gasteiger partial charge in [-0.2, -0.15) is 18.2 Å². The minimum Gasteiger partial charge on any atom is -0.367 e. The van der Waals surface area contributed by atoms with Gasteiger partial charge in [-0.1, -0.05) is 13.8 Å². The number of alkyl halides is 3. The lowest BCUT2D eigenvalue weighted by atomic mass is 10.0. The molecule has 1 aromatic carbocycles. The Balaban J connectivity index is 1.39. The van der Waals surface area contributed by atoms with Crippen LogP contribution in [0.4, 0.5) is 30.6 Å². The second-order valence-corrected chi connectivity index (χ2v) is 11.9. The Morgan fingerprint density at radius 2 is 1.79 bits per heavy atom. The molecule has 1 aromatic heterocycles. The molecule has 9 nitrogen and oxygen atoms in total. The minimum atomic E-state index is -4.64. The van der Waals surface area contributed by atoms with Crippen molar-refractivity contribution < 1.29 is 22.8 Å². The van der Waals surface area contributed by atoms with Crippen LogP contribution < -0.4 is 16.0 Å². The number of nitrogens with zero attached hydrogens (tertiary/aromatic N) is 4. The van der Waals surface area contributed by atoms with Crippen molar-refractivity contribution in [2.24, 2.45) is 11.8 Å². The quantitative estimate of drug-likeness (QED) is 0.352. The predicted octanol–water partition coefficient (Wildman–Crippen LogP) is 5.15. The van der Waals surface area contributed by atoms with Crippen LogP contribution in [0.5, 0.6) is 0 Å². The molecule has 1 aliphatic heterocycles. The second kappa shape index (κ2) is 13.7. The van der Waals surface area contributed by atoms with Crippen molar-refractivity contribution in [3.05, 3.63) is 41.6 Å². The summed E-state index contributed by atoms with van der Waals surface area (Å²) in [7, 11) is 3.89. The number of piperidine rings is 1. The lowest BCUT2D eigenvalue weighted by molar-refractivity contribution is -0.137. The molecule has 2 amide bonds. The van der Waals surface area contributed by atoms with Gasteiger partial charge in [0.2, 0.25) is 11.9 Å². The molecule has 1 saturated heterocycles. The molecule has 2 fully saturated rings. The SMILES string of the molecule is CC(C)CCNC(=O)[C@H]1CC[C@@H](Nc2nc(Nc3ccc(C(=O)N(C)C4CCN(C)CC4)cc3)ncc2C(F)(F)F)C1. The van der Waals surface area contributed by atoms with Crippen LogP contribution in [0, 0.1) is 11.8 Å². The number of rotatable bonds is 10. The Kier molecular flexibility index (Phi) is 10.3. The molecular weight excluding hydrogens is 547 g/mol. The number of anilines is 3. The summed E-state index contributed by atoms with van der Waals surface area (Å²) in [6.07, 6.45) is 0.431. The summed E-state index contributed by atoms with van der Waals surface area (Å²) in [4.78, 5) is 37.6. The summed E-state index contributed by atoms with van der Waals surface area (Å²) >= 11 is 0. The number of amides is 2. The fourth-order valence-electron chi connectivity index (χ4n) is 5.51. The van der Waals surface area contributed by atoms with Crippen molar-refractivity contribution in [2.75, 3.05) is 44.4 Å². The van der Waals surface area contributed by atoms with Gasteiger partial charge in [-0.15, -0.1) is 0 Å². The maximum absolute atomic E-state index is 13.8. The third kappa shape index (κ3) is 8.33. The van der Waals surface area contributed by atoms with Crippen LogP contribution in [-0.2, 0) is 11.0 Å². The highest BCUT2D eigenvalue weighted by Crippen LogP contribution is 2.36. The van der Waals surface area contributed by atoms with Crippen molar-refractivity contribution in [1.29, 1.82) is 0 Å². The molecule has 4 rings (SSSR count). The summed E-state index contributed by atoms with van der Waals surface area (Å²) in [6, 6.07) is 6.61. The summed E-state index contributed by atoms with van der Waals surface area (Å²) in [5.41, 5.74) is 0.107. The Morgan fingerprint density at radius 1 is 1.10 bits per heavy atom. The standard InChI is InChI=1S/C30H42F3N7O2/c1-19(2)11-14-34-27(41)21-7-10-23(17-21)36-26-25(30(31,32)33)18-35-29(38-26)37-22-8-5-20(6-9-22)28(42)40(4)24-12-15-39(3)16-13-24/h5-6,8-9,18-19,21,23-24H,7,10-17H2,1-4H3,(H,34,41)(H2,35,36,37,38)/t21-,23+/m0/s1. The number of nitrogens with one attached hydrogen (secondary N) is 3. The molecule has 2 aromatic rings. The van der Waals surface area contributed by atoms with Gasteiger partial charge in [0.1, 0.15) is 11.4 Å². The van der Waals surface area contributed by atoms with Crippen molar-refractivity contribution in [3.63, 3.8) is 0 Å². The van der Waals surface area contributed by atoms with Crippen molar-refractivity contribution in [2.45, 2.75) is 70.6 Å². The van der Waals surface area contributed by atoms with E-state index in [4.69, 9.17) is 0 Å². The Bertz CT molecular complexity index is 1210. The second-order valence-electron chi connectivity index (χ2n) is 11.9. The van der Waals surface area contributed by atoms with E-state index >= 15 is 0 Å². The van der Waals surface area contributed by atoms with Gasteiger partial charge in [0, 0.05) is 49.0 Å². The fourth-order valence-corrected chi connectivity index (χ4v) is 5.51. The first-order valence-electron chi connectivity index (χ1n) is 14.7. The maximum Gasteiger partial charge on any atom is 0.421 e. The zero-order valence-corrected chi connectivity index (χ0v) is 24.8. The average molecular weight is 590 g/mol. The average Bonchev–Trinajstić information content (AvgIpc) is 3.41.